The van der Waals surface area contributed by atoms with Crippen LogP contribution in [0, 0.1) is 11.8 Å². The van der Waals surface area contributed by atoms with Gasteiger partial charge < -0.3 is 17.7 Å². The minimum atomic E-state index is -1.79. The predicted molar refractivity (Wildman–Crippen MR) is 187 cm³/mol. The maximum atomic E-state index is 12.1. The van der Waals surface area contributed by atoms with Crippen molar-refractivity contribution in [1.82, 2.24) is 0 Å². The van der Waals surface area contributed by atoms with E-state index in [1.807, 2.05) is 0 Å². The molecule has 1 saturated carbocycles. The lowest BCUT2D eigenvalue weighted by atomic mass is 9.87. The van der Waals surface area contributed by atoms with Crippen LogP contribution in [-0.2, 0) is 22.5 Å². The number of carbonyl (C=O) groups excluding carboxylic acids is 1. The molecule has 0 heterocycles. The van der Waals surface area contributed by atoms with Gasteiger partial charge in [-0.25, -0.2) is 0 Å². The molecular weight excluding hydrogens is 577 g/mol. The van der Waals surface area contributed by atoms with Crippen LogP contribution < -0.4 is 0 Å². The fourth-order valence-electron chi connectivity index (χ4n) is 5.79. The van der Waals surface area contributed by atoms with Gasteiger partial charge in [-0.2, -0.15) is 0 Å². The monoisotopic (exact) mass is 644 g/mol. The molecule has 0 aliphatic heterocycles. The number of hydrogen-bond acceptors (Lipinski definition) is 5. The molecule has 41 heavy (non-hydrogen) atoms. The van der Waals surface area contributed by atoms with Crippen molar-refractivity contribution in [3.05, 3.63) is 12.2 Å². The van der Waals surface area contributed by atoms with Gasteiger partial charge in [0, 0.05) is 12.3 Å². The molecule has 0 amide bonds. The third kappa shape index (κ3) is 19.1. The standard InChI is InChI=1S/C32H68O5Si4/c1-14-15-18-21-27(34-38(2,3)4)24-25-29-28(22-19-16-17-20-23-32(33)37-41(11,12)13)30(35-39(5,6)7)26-31(29)36-40(8,9)10/h24-25,27-31H,14-23,26H2,1-13H3/b25-24+/t27?,28-,29-,30?,31?/m1/s1. The molecule has 5 atom stereocenters. The summed E-state index contributed by atoms with van der Waals surface area (Å²) in [6.07, 6.45) is 17.3. The van der Waals surface area contributed by atoms with Crippen molar-refractivity contribution in [2.24, 2.45) is 11.8 Å². The van der Waals surface area contributed by atoms with E-state index in [4.69, 9.17) is 17.7 Å². The van der Waals surface area contributed by atoms with Gasteiger partial charge in [0.25, 0.3) is 5.97 Å². The van der Waals surface area contributed by atoms with Crippen LogP contribution in [0.5, 0.6) is 0 Å². The quantitative estimate of drug-likeness (QED) is 0.0750. The highest BCUT2D eigenvalue weighted by Crippen LogP contribution is 2.43. The van der Waals surface area contributed by atoms with E-state index in [0.29, 0.717) is 18.3 Å². The summed E-state index contributed by atoms with van der Waals surface area (Å²) in [5.74, 6) is 0.794. The Morgan fingerprint density at radius 2 is 1.32 bits per heavy atom. The number of rotatable bonds is 20. The summed E-state index contributed by atoms with van der Waals surface area (Å²) < 4.78 is 26.0. The molecule has 0 spiro atoms. The van der Waals surface area contributed by atoms with Crippen LogP contribution in [0.25, 0.3) is 0 Å². The van der Waals surface area contributed by atoms with Crippen molar-refractivity contribution in [3.8, 4) is 0 Å². The molecule has 1 rings (SSSR count). The Hall–Kier alpha value is -0.0425. The third-order valence-electron chi connectivity index (χ3n) is 7.11. The lowest BCUT2D eigenvalue weighted by Crippen LogP contribution is -2.35. The maximum absolute atomic E-state index is 12.1. The van der Waals surface area contributed by atoms with Gasteiger partial charge in [-0.1, -0.05) is 57.6 Å². The van der Waals surface area contributed by atoms with E-state index in [1.54, 1.807) is 0 Å². The average molecular weight is 645 g/mol. The van der Waals surface area contributed by atoms with E-state index < -0.39 is 33.3 Å². The summed E-state index contributed by atoms with van der Waals surface area (Å²) in [6, 6.07) is 0. The first-order chi connectivity index (χ1) is 18.7. The van der Waals surface area contributed by atoms with Gasteiger partial charge >= 0.3 is 0 Å². The van der Waals surface area contributed by atoms with Crippen molar-refractivity contribution in [2.75, 3.05) is 0 Å². The zero-order valence-electron chi connectivity index (χ0n) is 29.4. The largest absolute Gasteiger partial charge is 0.520 e. The summed E-state index contributed by atoms with van der Waals surface area (Å²) in [6.45, 7) is 29.2. The average Bonchev–Trinajstić information content (AvgIpc) is 3.04. The van der Waals surface area contributed by atoms with Crippen molar-refractivity contribution >= 4 is 39.2 Å². The molecule has 0 aromatic heterocycles. The van der Waals surface area contributed by atoms with E-state index >= 15 is 0 Å². The first-order valence-electron chi connectivity index (χ1n) is 16.6. The second-order valence-electron chi connectivity index (χ2n) is 16.2. The third-order valence-corrected chi connectivity index (χ3v) is 11.0. The number of unbranched alkanes of at least 4 members (excludes halogenated alkanes) is 5. The lowest BCUT2D eigenvalue weighted by Gasteiger charge is -2.31. The van der Waals surface area contributed by atoms with Gasteiger partial charge in [0.2, 0.25) is 8.32 Å². The zero-order chi connectivity index (χ0) is 31.5. The highest BCUT2D eigenvalue weighted by Gasteiger charge is 2.45. The Morgan fingerprint density at radius 1 is 0.732 bits per heavy atom. The van der Waals surface area contributed by atoms with Crippen LogP contribution in [0.2, 0.25) is 78.6 Å². The Labute approximate surface area is 259 Å². The molecule has 1 fully saturated rings. The molecule has 5 nitrogen and oxygen atoms in total. The normalized spacial score (nSPS) is 23.3. The van der Waals surface area contributed by atoms with Crippen molar-refractivity contribution in [1.29, 1.82) is 0 Å². The molecule has 0 bridgehead atoms. The molecule has 1 aliphatic rings. The molecule has 0 saturated heterocycles. The summed E-state index contributed by atoms with van der Waals surface area (Å²) in [4.78, 5) is 12.1. The van der Waals surface area contributed by atoms with Crippen molar-refractivity contribution in [2.45, 2.75) is 174 Å². The van der Waals surface area contributed by atoms with Gasteiger partial charge in [-0.15, -0.1) is 0 Å². The van der Waals surface area contributed by atoms with Crippen LogP contribution in [0.1, 0.15) is 77.6 Å². The Bertz CT molecular complexity index is 777. The SMILES string of the molecule is CCCCCC(/C=C/[C@H]1C(O[Si](C)(C)C)CC(O[Si](C)(C)C)[C@@H]1CCCCCCC(=O)O[Si](C)(C)C)O[Si](C)(C)C. The molecule has 0 N–H and O–H groups in total. The summed E-state index contributed by atoms with van der Waals surface area (Å²) in [7, 11) is -6.88. The van der Waals surface area contributed by atoms with E-state index in [1.165, 1.54) is 19.3 Å². The van der Waals surface area contributed by atoms with Crippen molar-refractivity contribution < 1.29 is 22.5 Å². The minimum absolute atomic E-state index is 0.0193. The van der Waals surface area contributed by atoms with E-state index in [0.717, 1.165) is 44.9 Å². The molecule has 0 aromatic carbocycles. The van der Waals surface area contributed by atoms with Crippen LogP contribution in [0.3, 0.4) is 0 Å². The van der Waals surface area contributed by atoms with Gasteiger partial charge in [0.05, 0.1) is 18.3 Å². The van der Waals surface area contributed by atoms with Gasteiger partial charge in [0.1, 0.15) is 0 Å². The highest BCUT2D eigenvalue weighted by molar-refractivity contribution is 6.71. The first-order valence-corrected chi connectivity index (χ1v) is 30.3. The van der Waals surface area contributed by atoms with Crippen LogP contribution in [-0.4, -0.2) is 57.6 Å². The fourth-order valence-corrected chi connectivity index (χ4v) is 10.0. The van der Waals surface area contributed by atoms with Crippen LogP contribution in [0.15, 0.2) is 12.2 Å². The smallest absolute Gasteiger partial charge is 0.292 e. The molecule has 242 valence electrons. The zero-order valence-corrected chi connectivity index (χ0v) is 33.4. The van der Waals surface area contributed by atoms with E-state index in [9.17, 15) is 4.79 Å². The molecule has 0 aromatic rings. The van der Waals surface area contributed by atoms with Crippen molar-refractivity contribution in [3.63, 3.8) is 0 Å². The fraction of sp³-hybridized carbons (Fsp3) is 0.906. The molecular formula is C32H68O5Si4. The van der Waals surface area contributed by atoms with Crippen LogP contribution in [0.4, 0.5) is 0 Å². The lowest BCUT2D eigenvalue weighted by molar-refractivity contribution is -0.135. The number of hydrogen-bond donors (Lipinski definition) is 0. The second kappa shape index (κ2) is 17.4. The maximum Gasteiger partial charge on any atom is 0.292 e. The van der Waals surface area contributed by atoms with Gasteiger partial charge in [-0.05, 0) is 110 Å². The first kappa shape index (κ1) is 39.0. The van der Waals surface area contributed by atoms with Gasteiger partial charge in [0.15, 0.2) is 25.0 Å². The molecule has 3 unspecified atom stereocenters. The Balaban J connectivity index is 3.04. The topological polar surface area (TPSA) is 54.0 Å². The molecule has 1 aliphatic carbocycles. The number of carbonyl (C=O) groups is 1. The van der Waals surface area contributed by atoms with E-state index in [-0.39, 0.29) is 24.3 Å². The van der Waals surface area contributed by atoms with E-state index in [2.05, 4.69) is 97.6 Å². The highest BCUT2D eigenvalue weighted by atomic mass is 28.4. The predicted octanol–water partition coefficient (Wildman–Crippen LogP) is 10.1. The molecule has 0 radical (unpaired) electrons. The second-order valence-corrected chi connectivity index (χ2v) is 34.0. The van der Waals surface area contributed by atoms with Crippen LogP contribution >= 0.6 is 0 Å². The molecule has 9 heteroatoms. The summed E-state index contributed by atoms with van der Waals surface area (Å²) in [5, 5.41) is 0. The summed E-state index contributed by atoms with van der Waals surface area (Å²) in [5.41, 5.74) is 0. The minimum Gasteiger partial charge on any atom is -0.520 e. The van der Waals surface area contributed by atoms with Gasteiger partial charge in [-0.3, -0.25) is 4.79 Å². The summed E-state index contributed by atoms with van der Waals surface area (Å²) >= 11 is 0. The Kier molecular flexibility index (Phi) is 16.6. The Morgan fingerprint density at radius 3 is 1.85 bits per heavy atom.